The van der Waals surface area contributed by atoms with Crippen molar-refractivity contribution in [2.45, 2.75) is 11.4 Å². The molecule has 0 spiro atoms. The van der Waals surface area contributed by atoms with Gasteiger partial charge in [0.2, 0.25) is 0 Å². The molecule has 1 aliphatic heterocycles. The van der Waals surface area contributed by atoms with Crippen molar-refractivity contribution in [3.63, 3.8) is 0 Å². The Morgan fingerprint density at radius 3 is 2.32 bits per heavy atom. The van der Waals surface area contributed by atoms with Crippen LogP contribution in [0.25, 0.3) is 6.08 Å². The summed E-state index contributed by atoms with van der Waals surface area (Å²) in [6, 6.07) is 15.9. The molecular weight excluding hydrogens is 336 g/mol. The van der Waals surface area contributed by atoms with E-state index in [0.29, 0.717) is 0 Å². The van der Waals surface area contributed by atoms with Gasteiger partial charge >= 0.3 is 6.03 Å². The van der Waals surface area contributed by atoms with E-state index in [1.165, 1.54) is 6.08 Å². The van der Waals surface area contributed by atoms with Gasteiger partial charge in [-0.25, -0.2) is 4.79 Å². The van der Waals surface area contributed by atoms with Gasteiger partial charge < -0.3 is 0 Å². The van der Waals surface area contributed by atoms with E-state index in [-0.39, 0.29) is 12.1 Å². The van der Waals surface area contributed by atoms with Gasteiger partial charge in [-0.3, -0.25) is 19.8 Å². The van der Waals surface area contributed by atoms with Crippen LogP contribution >= 0.6 is 11.8 Å². The standard InChI is InChI=1S/C19H16N2O3S/c1-25-15-9-7-13(8-10-15)11-16-17(22)20-19(24)21(18(16)23)12-14-5-3-2-4-6-14/h2-11H,12H2,1H3,(H,20,22,24)/b16-11+. The minimum absolute atomic E-state index is 0.0487. The first-order chi connectivity index (χ1) is 12.1. The minimum Gasteiger partial charge on any atom is -0.273 e. The van der Waals surface area contributed by atoms with Gasteiger partial charge in [-0.15, -0.1) is 11.8 Å². The number of nitrogens with one attached hydrogen (secondary N) is 1. The van der Waals surface area contributed by atoms with E-state index in [2.05, 4.69) is 5.32 Å². The van der Waals surface area contributed by atoms with Crippen molar-refractivity contribution in [2.24, 2.45) is 0 Å². The van der Waals surface area contributed by atoms with Crippen molar-refractivity contribution in [2.75, 3.05) is 6.26 Å². The lowest BCUT2D eigenvalue weighted by atomic mass is 10.1. The first kappa shape index (κ1) is 17.0. The molecule has 6 heteroatoms. The molecule has 0 unspecified atom stereocenters. The number of benzene rings is 2. The van der Waals surface area contributed by atoms with Crippen LogP contribution in [0.4, 0.5) is 4.79 Å². The third-order valence-corrected chi connectivity index (χ3v) is 4.54. The van der Waals surface area contributed by atoms with Crippen molar-refractivity contribution < 1.29 is 14.4 Å². The van der Waals surface area contributed by atoms with Gasteiger partial charge in [-0.1, -0.05) is 42.5 Å². The van der Waals surface area contributed by atoms with Crippen molar-refractivity contribution in [3.05, 3.63) is 71.3 Å². The maximum Gasteiger partial charge on any atom is 0.331 e. The highest BCUT2D eigenvalue weighted by molar-refractivity contribution is 7.98. The third-order valence-electron chi connectivity index (χ3n) is 3.80. The van der Waals surface area contributed by atoms with Gasteiger partial charge in [0, 0.05) is 4.90 Å². The molecule has 1 fully saturated rings. The van der Waals surface area contributed by atoms with Gasteiger partial charge in [-0.2, -0.15) is 0 Å². The summed E-state index contributed by atoms with van der Waals surface area (Å²) in [4.78, 5) is 38.9. The third kappa shape index (κ3) is 3.80. The van der Waals surface area contributed by atoms with Gasteiger partial charge in [-0.05, 0) is 35.6 Å². The first-order valence-corrected chi connectivity index (χ1v) is 8.88. The van der Waals surface area contributed by atoms with Crippen LogP contribution in [0.3, 0.4) is 0 Å². The van der Waals surface area contributed by atoms with Crippen LogP contribution in [0.1, 0.15) is 11.1 Å². The zero-order chi connectivity index (χ0) is 17.8. The highest BCUT2D eigenvalue weighted by Gasteiger charge is 2.35. The normalized spacial score (nSPS) is 16.3. The molecule has 25 heavy (non-hydrogen) atoms. The molecule has 1 aliphatic rings. The number of thioether (sulfide) groups is 1. The van der Waals surface area contributed by atoms with Gasteiger partial charge in [0.15, 0.2) is 0 Å². The summed E-state index contributed by atoms with van der Waals surface area (Å²) in [5.41, 5.74) is 1.49. The van der Waals surface area contributed by atoms with E-state index < -0.39 is 17.8 Å². The van der Waals surface area contributed by atoms with Crippen LogP contribution < -0.4 is 5.32 Å². The zero-order valence-corrected chi connectivity index (χ0v) is 14.4. The Labute approximate surface area is 149 Å². The Balaban J connectivity index is 1.87. The van der Waals surface area contributed by atoms with Crippen molar-refractivity contribution in [1.82, 2.24) is 10.2 Å². The molecule has 5 nitrogen and oxygen atoms in total. The predicted molar refractivity (Wildman–Crippen MR) is 96.7 cm³/mol. The number of carbonyl (C=O) groups excluding carboxylic acids is 3. The van der Waals surface area contributed by atoms with Crippen LogP contribution in [0, 0.1) is 0 Å². The van der Waals surface area contributed by atoms with E-state index >= 15 is 0 Å². The lowest BCUT2D eigenvalue weighted by Gasteiger charge is -2.26. The molecule has 0 bridgehead atoms. The zero-order valence-electron chi connectivity index (χ0n) is 13.6. The Bertz CT molecular complexity index is 845. The number of amides is 4. The average Bonchev–Trinajstić information content (AvgIpc) is 2.63. The van der Waals surface area contributed by atoms with Crippen molar-refractivity contribution in [3.8, 4) is 0 Å². The second kappa shape index (κ2) is 7.36. The first-order valence-electron chi connectivity index (χ1n) is 7.65. The Kier molecular flexibility index (Phi) is 5.00. The highest BCUT2D eigenvalue weighted by atomic mass is 32.2. The van der Waals surface area contributed by atoms with E-state index in [4.69, 9.17) is 0 Å². The molecule has 1 heterocycles. The van der Waals surface area contributed by atoms with Gasteiger partial charge in [0.25, 0.3) is 11.8 Å². The van der Waals surface area contributed by atoms with Crippen LogP contribution in [0.15, 0.2) is 65.1 Å². The van der Waals surface area contributed by atoms with Crippen molar-refractivity contribution in [1.29, 1.82) is 0 Å². The summed E-state index contributed by atoms with van der Waals surface area (Å²) >= 11 is 1.61. The number of urea groups is 1. The molecule has 2 aromatic rings. The summed E-state index contributed by atoms with van der Waals surface area (Å²) in [6.07, 6.45) is 3.48. The van der Waals surface area contributed by atoms with E-state index in [0.717, 1.165) is 20.9 Å². The maximum absolute atomic E-state index is 12.7. The molecule has 0 saturated carbocycles. The molecule has 4 amide bonds. The lowest BCUT2D eigenvalue weighted by Crippen LogP contribution is -2.53. The number of rotatable bonds is 4. The molecule has 0 aliphatic carbocycles. The predicted octanol–water partition coefficient (Wildman–Crippen LogP) is 3.07. The van der Waals surface area contributed by atoms with Crippen LogP contribution in [0.5, 0.6) is 0 Å². The maximum atomic E-state index is 12.7. The minimum atomic E-state index is -0.700. The largest absolute Gasteiger partial charge is 0.331 e. The van der Waals surface area contributed by atoms with Crippen LogP contribution in [-0.4, -0.2) is 29.0 Å². The fraction of sp³-hybridized carbons (Fsp3) is 0.105. The quantitative estimate of drug-likeness (QED) is 0.522. The second-order valence-corrected chi connectivity index (χ2v) is 6.35. The highest BCUT2D eigenvalue weighted by Crippen LogP contribution is 2.19. The molecule has 3 rings (SSSR count). The van der Waals surface area contributed by atoms with E-state index in [1.807, 2.05) is 60.9 Å². The summed E-state index contributed by atoms with van der Waals surface area (Å²) in [5, 5.41) is 2.23. The van der Waals surface area contributed by atoms with Crippen molar-refractivity contribution >= 4 is 35.7 Å². The van der Waals surface area contributed by atoms with E-state index in [9.17, 15) is 14.4 Å². The molecule has 1 N–H and O–H groups in total. The average molecular weight is 352 g/mol. The smallest absolute Gasteiger partial charge is 0.273 e. The Morgan fingerprint density at radius 2 is 1.68 bits per heavy atom. The molecule has 126 valence electrons. The second-order valence-electron chi connectivity index (χ2n) is 5.47. The van der Waals surface area contributed by atoms with Crippen LogP contribution in [-0.2, 0) is 16.1 Å². The summed E-state index contributed by atoms with van der Waals surface area (Å²) < 4.78 is 0. The topological polar surface area (TPSA) is 66.5 Å². The Hall–Kier alpha value is -2.86. The summed E-state index contributed by atoms with van der Waals surface area (Å²) in [5.74, 6) is -1.26. The molecule has 0 radical (unpaired) electrons. The number of nitrogens with zero attached hydrogens (tertiary/aromatic N) is 1. The molecule has 2 aromatic carbocycles. The Morgan fingerprint density at radius 1 is 1.00 bits per heavy atom. The number of barbiturate groups is 1. The fourth-order valence-corrected chi connectivity index (χ4v) is 2.88. The van der Waals surface area contributed by atoms with Gasteiger partial charge in [0.05, 0.1) is 6.54 Å². The SMILES string of the molecule is CSc1ccc(/C=C2\C(=O)NC(=O)N(Cc3ccccc3)C2=O)cc1. The molecule has 1 saturated heterocycles. The van der Waals surface area contributed by atoms with Crippen LogP contribution in [0.2, 0.25) is 0 Å². The number of hydrogen-bond acceptors (Lipinski definition) is 4. The molecular formula is C19H16N2O3S. The molecule has 0 atom stereocenters. The number of carbonyl (C=O) groups is 3. The number of imide groups is 2. The van der Waals surface area contributed by atoms with E-state index in [1.54, 1.807) is 11.8 Å². The summed E-state index contributed by atoms with van der Waals surface area (Å²) in [7, 11) is 0. The summed E-state index contributed by atoms with van der Waals surface area (Å²) in [6.45, 7) is 0.113. The number of hydrogen-bond donors (Lipinski definition) is 1. The van der Waals surface area contributed by atoms with Gasteiger partial charge in [0.1, 0.15) is 5.57 Å². The molecule has 0 aromatic heterocycles. The fourth-order valence-electron chi connectivity index (χ4n) is 2.47. The lowest BCUT2D eigenvalue weighted by molar-refractivity contribution is -0.130. The monoisotopic (exact) mass is 352 g/mol.